The number of methoxy groups -OCH3 is 2. The van der Waals surface area contributed by atoms with Gasteiger partial charge in [-0.05, 0) is 18.2 Å². The molecule has 8 heteroatoms. The second kappa shape index (κ2) is 5.73. The van der Waals surface area contributed by atoms with Gasteiger partial charge in [0.1, 0.15) is 0 Å². The van der Waals surface area contributed by atoms with Crippen molar-refractivity contribution in [2.45, 2.75) is 0 Å². The molecule has 0 saturated carbocycles. The number of nitrogens with one attached hydrogen (secondary N) is 1. The van der Waals surface area contributed by atoms with E-state index >= 15 is 0 Å². The van der Waals surface area contributed by atoms with Crippen LogP contribution < -0.4 is 24.9 Å². The van der Waals surface area contributed by atoms with E-state index in [0.717, 1.165) is 11.3 Å². The molecule has 0 radical (unpaired) electrons. The molecule has 7 nitrogen and oxygen atoms in total. The standard InChI is InChI=1S/C15H12N2O5S/c1-21-10-4-7-3-8(5-12-14(19)17-15(20)23-12)13(18)16-9(7)6-11(10)22-2/h3-6,19H,1-2H3,(H,17,20)/b8-5-. The Bertz CT molecular complexity index is 1000. The number of amides is 1. The van der Waals surface area contributed by atoms with Crippen molar-refractivity contribution in [1.29, 1.82) is 0 Å². The lowest BCUT2D eigenvalue weighted by molar-refractivity contribution is -0.114. The Balaban J connectivity index is 2.18. The van der Waals surface area contributed by atoms with Crippen molar-refractivity contribution in [2.75, 3.05) is 14.2 Å². The SMILES string of the molecule is COc1cc2c(cc1OC)=NC(=O)/C(=C\c1sc(=O)[nH]c1O)C=2. The lowest BCUT2D eigenvalue weighted by atomic mass is 10.1. The molecule has 0 atom stereocenters. The number of thiazole rings is 1. The Labute approximate surface area is 133 Å². The van der Waals surface area contributed by atoms with Gasteiger partial charge in [-0.2, -0.15) is 0 Å². The van der Waals surface area contributed by atoms with Crippen LogP contribution in [-0.2, 0) is 4.79 Å². The Hall–Kier alpha value is -2.87. The van der Waals surface area contributed by atoms with Gasteiger partial charge in [0.2, 0.25) is 5.88 Å². The molecule has 0 saturated heterocycles. The molecule has 1 aromatic heterocycles. The second-order valence-corrected chi connectivity index (χ2v) is 5.67. The van der Waals surface area contributed by atoms with Crippen LogP contribution in [0.5, 0.6) is 17.4 Å². The zero-order chi connectivity index (χ0) is 16.6. The topological polar surface area (TPSA) is 101 Å². The summed E-state index contributed by atoms with van der Waals surface area (Å²) in [5.74, 6) is 0.252. The van der Waals surface area contributed by atoms with Crippen molar-refractivity contribution in [2.24, 2.45) is 4.99 Å². The van der Waals surface area contributed by atoms with Crippen LogP contribution in [0.3, 0.4) is 0 Å². The van der Waals surface area contributed by atoms with Gasteiger partial charge >= 0.3 is 4.87 Å². The Morgan fingerprint density at radius 2 is 1.91 bits per heavy atom. The van der Waals surface area contributed by atoms with Crippen molar-refractivity contribution in [3.8, 4) is 17.4 Å². The largest absolute Gasteiger partial charge is 0.493 e. The number of fused-ring (bicyclic) bond motifs is 1. The molecule has 0 fully saturated rings. The Morgan fingerprint density at radius 1 is 1.22 bits per heavy atom. The molecule has 118 valence electrons. The van der Waals surface area contributed by atoms with Gasteiger partial charge in [0.15, 0.2) is 11.5 Å². The fourth-order valence-electron chi connectivity index (χ4n) is 2.17. The first-order valence-corrected chi connectivity index (χ1v) is 7.34. The number of ether oxygens (including phenoxy) is 2. The van der Waals surface area contributed by atoms with Gasteiger partial charge < -0.3 is 14.6 Å². The van der Waals surface area contributed by atoms with Crippen LogP contribution in [0.2, 0.25) is 0 Å². The molecule has 0 spiro atoms. The summed E-state index contributed by atoms with van der Waals surface area (Å²) in [5, 5.41) is 10.8. The predicted molar refractivity (Wildman–Crippen MR) is 84.4 cm³/mol. The van der Waals surface area contributed by atoms with E-state index in [0.29, 0.717) is 22.1 Å². The molecule has 1 aliphatic rings. The molecular weight excluding hydrogens is 320 g/mol. The van der Waals surface area contributed by atoms with E-state index in [1.807, 2.05) is 0 Å². The van der Waals surface area contributed by atoms with E-state index < -0.39 is 10.8 Å². The molecule has 1 aromatic carbocycles. The fraction of sp³-hybridized carbons (Fsp3) is 0.133. The molecule has 2 N–H and O–H groups in total. The van der Waals surface area contributed by atoms with Crippen LogP contribution in [0.15, 0.2) is 27.5 Å². The minimum atomic E-state index is -0.468. The van der Waals surface area contributed by atoms with Crippen LogP contribution in [0.25, 0.3) is 12.2 Å². The lowest BCUT2D eigenvalue weighted by Gasteiger charge is -2.09. The lowest BCUT2D eigenvalue weighted by Crippen LogP contribution is -2.30. The van der Waals surface area contributed by atoms with Crippen molar-refractivity contribution >= 4 is 29.4 Å². The van der Waals surface area contributed by atoms with Gasteiger partial charge in [-0.25, -0.2) is 4.99 Å². The van der Waals surface area contributed by atoms with Crippen LogP contribution in [0.4, 0.5) is 0 Å². The summed E-state index contributed by atoms with van der Waals surface area (Å²) in [6.07, 6.45) is 3.04. The summed E-state index contributed by atoms with van der Waals surface area (Å²) < 4.78 is 10.4. The van der Waals surface area contributed by atoms with Gasteiger partial charge in [0.05, 0.1) is 24.5 Å². The average molecular weight is 332 g/mol. The molecule has 0 aliphatic carbocycles. The zero-order valence-corrected chi connectivity index (χ0v) is 13.1. The van der Waals surface area contributed by atoms with Crippen LogP contribution >= 0.6 is 11.3 Å². The van der Waals surface area contributed by atoms with E-state index in [1.54, 1.807) is 18.2 Å². The summed E-state index contributed by atoms with van der Waals surface area (Å²) in [4.78, 5) is 29.5. The predicted octanol–water partition coefficient (Wildman–Crippen LogP) is 0.183. The first-order chi connectivity index (χ1) is 11.0. The van der Waals surface area contributed by atoms with Gasteiger partial charge in [0.25, 0.3) is 5.91 Å². The first-order valence-electron chi connectivity index (χ1n) is 6.52. The highest BCUT2D eigenvalue weighted by Crippen LogP contribution is 2.24. The summed E-state index contributed by atoms with van der Waals surface area (Å²) >= 11 is 0.809. The second-order valence-electron chi connectivity index (χ2n) is 4.65. The number of rotatable bonds is 3. The molecule has 1 amide bonds. The van der Waals surface area contributed by atoms with Gasteiger partial charge in [0, 0.05) is 16.9 Å². The third-order valence-electron chi connectivity index (χ3n) is 3.26. The molecule has 2 heterocycles. The normalized spacial score (nSPS) is 14.9. The van der Waals surface area contributed by atoms with Gasteiger partial charge in [-0.15, -0.1) is 0 Å². The zero-order valence-electron chi connectivity index (χ0n) is 12.2. The molecule has 1 aliphatic heterocycles. The number of H-pyrrole nitrogens is 1. The van der Waals surface area contributed by atoms with Gasteiger partial charge in [-0.1, -0.05) is 11.3 Å². The van der Waals surface area contributed by atoms with Crippen molar-refractivity contribution in [3.05, 3.63) is 42.8 Å². The number of benzene rings is 1. The highest BCUT2D eigenvalue weighted by molar-refractivity contribution is 7.10. The van der Waals surface area contributed by atoms with E-state index in [-0.39, 0.29) is 16.3 Å². The number of hydrogen-bond donors (Lipinski definition) is 2. The van der Waals surface area contributed by atoms with Crippen LogP contribution in [0.1, 0.15) is 4.88 Å². The summed E-state index contributed by atoms with van der Waals surface area (Å²) in [6.45, 7) is 0. The minimum absolute atomic E-state index is 0.260. The third kappa shape index (κ3) is 2.76. The molecule has 3 rings (SSSR count). The molecule has 2 aromatic rings. The van der Waals surface area contributed by atoms with Crippen molar-refractivity contribution < 1.29 is 19.4 Å². The van der Waals surface area contributed by atoms with Crippen molar-refractivity contribution in [1.82, 2.24) is 4.98 Å². The first kappa shape index (κ1) is 15.0. The Morgan fingerprint density at radius 3 is 2.52 bits per heavy atom. The van der Waals surface area contributed by atoms with Gasteiger partial charge in [-0.3, -0.25) is 14.6 Å². The minimum Gasteiger partial charge on any atom is -0.493 e. The average Bonchev–Trinajstić information content (AvgIpc) is 2.84. The van der Waals surface area contributed by atoms with E-state index in [9.17, 15) is 14.7 Å². The molecule has 0 bridgehead atoms. The third-order valence-corrected chi connectivity index (χ3v) is 4.07. The quantitative estimate of drug-likeness (QED) is 0.781. The maximum atomic E-state index is 12.1. The van der Waals surface area contributed by atoms with E-state index in [2.05, 4.69) is 9.98 Å². The van der Waals surface area contributed by atoms with E-state index in [1.165, 1.54) is 20.3 Å². The van der Waals surface area contributed by atoms with Crippen molar-refractivity contribution in [3.63, 3.8) is 0 Å². The smallest absolute Gasteiger partial charge is 0.307 e. The number of aromatic amines is 1. The number of carbonyl (C=O) groups excluding carboxylic acids is 1. The Kier molecular flexibility index (Phi) is 3.75. The monoisotopic (exact) mass is 332 g/mol. The van der Waals surface area contributed by atoms with Crippen LogP contribution in [-0.4, -0.2) is 30.2 Å². The number of aromatic nitrogens is 1. The highest BCUT2D eigenvalue weighted by atomic mass is 32.1. The van der Waals surface area contributed by atoms with E-state index in [4.69, 9.17) is 9.47 Å². The molecule has 23 heavy (non-hydrogen) atoms. The molecule has 0 unspecified atom stereocenters. The van der Waals surface area contributed by atoms with Crippen LogP contribution in [0, 0.1) is 0 Å². The highest BCUT2D eigenvalue weighted by Gasteiger charge is 2.15. The number of carbonyl (C=O) groups is 1. The maximum Gasteiger partial charge on any atom is 0.307 e. The summed E-state index contributed by atoms with van der Waals surface area (Å²) in [5.41, 5.74) is 0.260. The molecular formula is C15H12N2O5S. The maximum absolute atomic E-state index is 12.1. The number of nitrogens with zero attached hydrogens (tertiary/aromatic N) is 1. The summed E-state index contributed by atoms with van der Waals surface area (Å²) in [7, 11) is 3.02. The fourth-order valence-corrected chi connectivity index (χ4v) is 2.86. The number of hydrogen-bond acceptors (Lipinski definition) is 6. The number of aromatic hydroxyl groups is 1. The summed E-state index contributed by atoms with van der Waals surface area (Å²) in [6, 6.07) is 3.32.